The van der Waals surface area contributed by atoms with Crippen LogP contribution in [-0.4, -0.2) is 15.9 Å². The fourth-order valence-corrected chi connectivity index (χ4v) is 2.01. The van der Waals surface area contributed by atoms with E-state index in [0.717, 1.165) is 11.3 Å². The van der Waals surface area contributed by atoms with Crippen LogP contribution in [0.5, 0.6) is 0 Å². The van der Waals surface area contributed by atoms with Gasteiger partial charge in [-0.3, -0.25) is 10.1 Å². The lowest BCUT2D eigenvalue weighted by Gasteiger charge is -2.00. The van der Waals surface area contributed by atoms with Gasteiger partial charge in [0.1, 0.15) is 0 Å². The van der Waals surface area contributed by atoms with Crippen molar-refractivity contribution in [3.05, 3.63) is 62.7 Å². The van der Waals surface area contributed by atoms with Gasteiger partial charge >= 0.3 is 5.00 Å². The normalized spacial score (nSPS) is 11.4. The highest BCUT2D eigenvalue weighted by Crippen LogP contribution is 2.22. The van der Waals surface area contributed by atoms with Crippen molar-refractivity contribution in [1.29, 1.82) is 0 Å². The lowest BCUT2D eigenvalue weighted by molar-refractivity contribution is -0.380. The van der Waals surface area contributed by atoms with Crippen LogP contribution in [0.4, 0.5) is 10.7 Å². The number of nitro groups is 1. The summed E-state index contributed by atoms with van der Waals surface area (Å²) in [5, 5.41) is 22.2. The van der Waals surface area contributed by atoms with Crippen molar-refractivity contribution in [2.75, 3.05) is 0 Å². The summed E-state index contributed by atoms with van der Waals surface area (Å²) in [7, 11) is 0. The second-order valence-electron chi connectivity index (χ2n) is 3.22. The fraction of sp³-hybridized carbons (Fsp3) is 0. The Kier molecular flexibility index (Phi) is 3.15. The van der Waals surface area contributed by atoms with E-state index in [1.165, 1.54) is 12.3 Å². The Morgan fingerprint density at radius 3 is 2.35 bits per heavy atom. The van der Waals surface area contributed by atoms with Gasteiger partial charge in [-0.2, -0.15) is 4.74 Å². The third-order valence-corrected chi connectivity index (χ3v) is 3.02. The summed E-state index contributed by atoms with van der Waals surface area (Å²) >= 11 is 0.968. The topological polar surface area (TPSA) is 69.2 Å². The van der Waals surface area contributed by atoms with Gasteiger partial charge in [-0.25, -0.2) is 0 Å². The predicted octanol–water partition coefficient (Wildman–Crippen LogP) is 2.92. The molecule has 0 N–H and O–H groups in total. The molecule has 1 aromatic carbocycles. The molecule has 1 heterocycles. The van der Waals surface area contributed by atoms with E-state index in [4.69, 9.17) is 0 Å². The first-order valence-electron chi connectivity index (χ1n) is 4.77. The SMILES string of the molecule is O=[N+]([O-])c1ccc(C=[N+]([O-])c2ccccc2)s1. The summed E-state index contributed by atoms with van der Waals surface area (Å²) in [5.41, 5.74) is 0.489. The summed E-state index contributed by atoms with van der Waals surface area (Å²) in [5.74, 6) is 0. The Balaban J connectivity index is 2.27. The van der Waals surface area contributed by atoms with Crippen LogP contribution in [-0.2, 0) is 0 Å². The van der Waals surface area contributed by atoms with E-state index >= 15 is 0 Å². The number of nitrogens with zero attached hydrogens (tertiary/aromatic N) is 2. The maximum Gasteiger partial charge on any atom is 0.324 e. The zero-order valence-electron chi connectivity index (χ0n) is 8.65. The van der Waals surface area contributed by atoms with Crippen molar-refractivity contribution in [3.63, 3.8) is 0 Å². The molecule has 0 radical (unpaired) electrons. The van der Waals surface area contributed by atoms with Gasteiger partial charge in [0.15, 0.2) is 6.21 Å². The third kappa shape index (κ3) is 2.67. The van der Waals surface area contributed by atoms with Gasteiger partial charge in [0.05, 0.1) is 9.80 Å². The predicted molar refractivity (Wildman–Crippen MR) is 65.9 cm³/mol. The molecule has 17 heavy (non-hydrogen) atoms. The van der Waals surface area contributed by atoms with Gasteiger partial charge in [0.25, 0.3) is 0 Å². The minimum Gasteiger partial charge on any atom is -0.618 e. The van der Waals surface area contributed by atoms with E-state index in [2.05, 4.69) is 0 Å². The molecule has 0 amide bonds. The van der Waals surface area contributed by atoms with Gasteiger partial charge in [-0.15, -0.1) is 0 Å². The largest absolute Gasteiger partial charge is 0.618 e. The van der Waals surface area contributed by atoms with Crippen molar-refractivity contribution in [3.8, 4) is 0 Å². The number of rotatable bonds is 3. The average Bonchev–Trinajstić information content (AvgIpc) is 2.79. The standard InChI is InChI=1S/C11H8N2O3S/c14-12(9-4-2-1-3-5-9)8-10-6-7-11(17-10)13(15)16/h1-8H. The zero-order chi connectivity index (χ0) is 12.3. The highest BCUT2D eigenvalue weighted by atomic mass is 32.1. The molecule has 86 valence electrons. The molecule has 6 heteroatoms. The summed E-state index contributed by atoms with van der Waals surface area (Å²) in [6, 6.07) is 11.6. The monoisotopic (exact) mass is 248 g/mol. The molecule has 2 aromatic rings. The van der Waals surface area contributed by atoms with Crippen molar-refractivity contribution in [1.82, 2.24) is 0 Å². The first-order chi connectivity index (χ1) is 8.16. The molecular weight excluding hydrogens is 240 g/mol. The number of para-hydroxylation sites is 1. The van der Waals surface area contributed by atoms with Gasteiger partial charge in [-0.05, 0) is 6.07 Å². The fourth-order valence-electron chi connectivity index (χ4n) is 1.27. The summed E-state index contributed by atoms with van der Waals surface area (Å²) in [6.45, 7) is 0. The van der Waals surface area contributed by atoms with Crippen LogP contribution < -0.4 is 0 Å². The van der Waals surface area contributed by atoms with Crippen molar-refractivity contribution in [2.24, 2.45) is 0 Å². The number of thiophene rings is 1. The van der Waals surface area contributed by atoms with E-state index in [1.54, 1.807) is 30.3 Å². The first kappa shape index (κ1) is 11.3. The molecule has 0 aliphatic rings. The Morgan fingerprint density at radius 2 is 1.76 bits per heavy atom. The maximum atomic E-state index is 11.7. The highest BCUT2D eigenvalue weighted by molar-refractivity contribution is 7.16. The second kappa shape index (κ2) is 4.75. The molecule has 0 atom stereocenters. The molecule has 0 saturated carbocycles. The average molecular weight is 248 g/mol. The van der Waals surface area contributed by atoms with E-state index in [9.17, 15) is 15.3 Å². The number of hydrogen-bond acceptors (Lipinski definition) is 4. The van der Waals surface area contributed by atoms with Crippen molar-refractivity contribution >= 4 is 28.2 Å². The lowest BCUT2D eigenvalue weighted by Crippen LogP contribution is -1.96. The van der Waals surface area contributed by atoms with E-state index in [-0.39, 0.29) is 5.00 Å². The number of hydrogen-bond donors (Lipinski definition) is 0. The molecule has 0 unspecified atom stereocenters. The van der Waals surface area contributed by atoms with Gasteiger partial charge in [-0.1, -0.05) is 29.5 Å². The molecule has 0 spiro atoms. The summed E-state index contributed by atoms with van der Waals surface area (Å²) in [6.07, 6.45) is 1.33. The quantitative estimate of drug-likeness (QED) is 0.276. The minimum absolute atomic E-state index is 0.0257. The Bertz CT molecular complexity index is 563. The maximum absolute atomic E-state index is 11.7. The molecular formula is C11H8N2O3S. The van der Waals surface area contributed by atoms with E-state index in [0.29, 0.717) is 15.3 Å². The Morgan fingerprint density at radius 1 is 1.06 bits per heavy atom. The van der Waals surface area contributed by atoms with Crippen molar-refractivity contribution in [2.45, 2.75) is 0 Å². The van der Waals surface area contributed by atoms with Crippen LogP contribution in [0.2, 0.25) is 0 Å². The second-order valence-corrected chi connectivity index (χ2v) is 4.32. The first-order valence-corrected chi connectivity index (χ1v) is 5.59. The van der Waals surface area contributed by atoms with Crippen molar-refractivity contribution < 1.29 is 9.66 Å². The van der Waals surface area contributed by atoms with Crippen LogP contribution in [0.25, 0.3) is 0 Å². The van der Waals surface area contributed by atoms with E-state index in [1.807, 2.05) is 6.07 Å². The van der Waals surface area contributed by atoms with Crippen LogP contribution >= 0.6 is 11.3 Å². The zero-order valence-corrected chi connectivity index (χ0v) is 9.46. The van der Waals surface area contributed by atoms with Gasteiger partial charge in [0.2, 0.25) is 5.69 Å². The minimum atomic E-state index is -0.473. The summed E-state index contributed by atoms with van der Waals surface area (Å²) in [4.78, 5) is 10.6. The highest BCUT2D eigenvalue weighted by Gasteiger charge is 2.10. The molecule has 2 rings (SSSR count). The van der Waals surface area contributed by atoms with Crippen LogP contribution in [0.3, 0.4) is 0 Å². The van der Waals surface area contributed by atoms with Crippen LogP contribution in [0, 0.1) is 15.3 Å². The molecule has 1 aromatic heterocycles. The molecule has 0 bridgehead atoms. The molecule has 0 saturated heterocycles. The molecule has 0 fully saturated rings. The molecule has 0 aliphatic carbocycles. The van der Waals surface area contributed by atoms with Crippen LogP contribution in [0.15, 0.2) is 42.5 Å². The summed E-state index contributed by atoms with van der Waals surface area (Å²) < 4.78 is 0.690. The Labute approximate surface area is 101 Å². The number of benzene rings is 1. The van der Waals surface area contributed by atoms with E-state index < -0.39 is 4.92 Å². The molecule has 0 aliphatic heterocycles. The van der Waals surface area contributed by atoms with Crippen LogP contribution in [0.1, 0.15) is 4.88 Å². The third-order valence-electron chi connectivity index (χ3n) is 2.05. The molecule has 5 nitrogen and oxygen atoms in total. The van der Waals surface area contributed by atoms with Gasteiger partial charge in [0, 0.05) is 18.2 Å². The van der Waals surface area contributed by atoms with Gasteiger partial charge < -0.3 is 5.21 Å². The Hall–Kier alpha value is -2.21. The lowest BCUT2D eigenvalue weighted by atomic mass is 10.3. The smallest absolute Gasteiger partial charge is 0.324 e.